The Morgan fingerprint density at radius 2 is 1.97 bits per heavy atom. The van der Waals surface area contributed by atoms with E-state index in [4.69, 9.17) is 21.2 Å². The molecule has 1 amide bonds. The van der Waals surface area contributed by atoms with E-state index in [1.54, 1.807) is 24.3 Å². The molecule has 2 bridgehead atoms. The molecule has 2 aliphatic carbocycles. The minimum absolute atomic E-state index is 0.0233. The maximum absolute atomic E-state index is 13.2. The molecule has 10 heteroatoms. The van der Waals surface area contributed by atoms with Crippen LogP contribution in [0.2, 0.25) is 5.02 Å². The molecule has 170 valence electrons. The van der Waals surface area contributed by atoms with Gasteiger partial charge >= 0.3 is 6.09 Å². The summed E-state index contributed by atoms with van der Waals surface area (Å²) in [5, 5.41) is 7.35. The van der Waals surface area contributed by atoms with Crippen LogP contribution >= 0.6 is 11.6 Å². The monoisotopic (exact) mass is 469 g/mol. The highest BCUT2D eigenvalue weighted by atomic mass is 35.5. The van der Waals surface area contributed by atoms with Gasteiger partial charge in [-0.15, -0.1) is 0 Å². The molecule has 1 heterocycles. The fourth-order valence-electron chi connectivity index (χ4n) is 5.26. The van der Waals surface area contributed by atoms with Crippen LogP contribution in [-0.2, 0) is 19.6 Å². The molecule has 0 spiro atoms. The van der Waals surface area contributed by atoms with E-state index in [2.05, 4.69) is 24.3 Å². The van der Waals surface area contributed by atoms with Crippen molar-refractivity contribution in [2.24, 2.45) is 21.9 Å². The minimum Gasteiger partial charge on any atom is -0.379 e. The molecule has 2 unspecified atom stereocenters. The zero-order valence-electron chi connectivity index (χ0n) is 17.8. The Balaban J connectivity index is 1.52. The summed E-state index contributed by atoms with van der Waals surface area (Å²) in [6.07, 6.45) is 1.58. The minimum atomic E-state index is -3.50. The summed E-state index contributed by atoms with van der Waals surface area (Å²) >= 11 is 5.86. The molecule has 3 aliphatic rings. The van der Waals surface area contributed by atoms with E-state index in [0.717, 1.165) is 12.8 Å². The number of morpholine rings is 1. The Hall–Kier alpha value is -1.68. The number of halogens is 1. The first-order valence-electron chi connectivity index (χ1n) is 10.5. The molecule has 1 saturated heterocycles. The van der Waals surface area contributed by atoms with Crippen molar-refractivity contribution in [3.05, 3.63) is 29.3 Å². The van der Waals surface area contributed by atoms with Crippen LogP contribution < -0.4 is 5.32 Å². The van der Waals surface area contributed by atoms with E-state index in [1.807, 2.05) is 0 Å². The van der Waals surface area contributed by atoms with Gasteiger partial charge in [-0.1, -0.05) is 30.6 Å². The van der Waals surface area contributed by atoms with Gasteiger partial charge in [0.25, 0.3) is 0 Å². The highest BCUT2D eigenvalue weighted by molar-refractivity contribution is 7.89. The molecule has 1 aliphatic heterocycles. The van der Waals surface area contributed by atoms with Gasteiger partial charge in [0.2, 0.25) is 10.0 Å². The molecule has 8 nitrogen and oxygen atoms in total. The van der Waals surface area contributed by atoms with Gasteiger partial charge in [0.05, 0.1) is 24.7 Å². The van der Waals surface area contributed by atoms with Gasteiger partial charge in [0, 0.05) is 29.2 Å². The fourth-order valence-corrected chi connectivity index (χ4v) is 7.58. The molecule has 3 fully saturated rings. The molecular formula is C21H28ClN3O5S. The van der Waals surface area contributed by atoms with E-state index in [9.17, 15) is 13.2 Å². The molecule has 2 atom stereocenters. The van der Waals surface area contributed by atoms with E-state index in [0.29, 0.717) is 55.1 Å². The second-order valence-corrected chi connectivity index (χ2v) is 11.5. The number of hydrogen-bond acceptors (Lipinski definition) is 6. The third kappa shape index (κ3) is 4.20. The number of amides is 1. The van der Waals surface area contributed by atoms with Crippen LogP contribution in [0.4, 0.5) is 10.5 Å². The Kier molecular flexibility index (Phi) is 6.06. The first-order chi connectivity index (χ1) is 14.6. The topological polar surface area (TPSA) is 97.3 Å². The number of sulfonamides is 1. The van der Waals surface area contributed by atoms with Crippen molar-refractivity contribution in [1.29, 1.82) is 0 Å². The zero-order valence-corrected chi connectivity index (χ0v) is 19.3. The van der Waals surface area contributed by atoms with Gasteiger partial charge in [-0.3, -0.25) is 10.2 Å². The smallest absolute Gasteiger partial charge is 0.379 e. The first-order valence-corrected chi connectivity index (χ1v) is 12.5. The van der Waals surface area contributed by atoms with Crippen LogP contribution in [0.3, 0.4) is 0 Å². The zero-order chi connectivity index (χ0) is 22.3. The Morgan fingerprint density at radius 3 is 2.61 bits per heavy atom. The maximum Gasteiger partial charge on any atom is 0.437 e. The molecule has 1 aromatic carbocycles. The first kappa shape index (κ1) is 22.5. The van der Waals surface area contributed by atoms with Crippen LogP contribution in [0, 0.1) is 16.7 Å². The average Bonchev–Trinajstić information content (AvgIpc) is 3.09. The lowest BCUT2D eigenvalue weighted by Gasteiger charge is -2.39. The van der Waals surface area contributed by atoms with Crippen molar-refractivity contribution in [2.45, 2.75) is 33.1 Å². The number of oxime groups is 1. The van der Waals surface area contributed by atoms with Crippen molar-refractivity contribution >= 4 is 39.1 Å². The Labute approximate surface area is 187 Å². The van der Waals surface area contributed by atoms with Crippen LogP contribution in [0.1, 0.15) is 33.1 Å². The number of carbonyl (C=O) groups is 1. The molecule has 1 aromatic rings. The van der Waals surface area contributed by atoms with Gasteiger partial charge in [-0.05, 0) is 54.9 Å². The maximum atomic E-state index is 13.2. The van der Waals surface area contributed by atoms with Gasteiger partial charge in [-0.2, -0.15) is 4.31 Å². The molecule has 31 heavy (non-hydrogen) atoms. The summed E-state index contributed by atoms with van der Waals surface area (Å²) in [6.45, 7) is 5.77. The van der Waals surface area contributed by atoms with E-state index >= 15 is 0 Å². The second-order valence-electron chi connectivity index (χ2n) is 9.06. The van der Waals surface area contributed by atoms with Crippen molar-refractivity contribution in [3.63, 3.8) is 0 Å². The summed E-state index contributed by atoms with van der Waals surface area (Å²) in [5.41, 5.74) is 0.306. The largest absolute Gasteiger partial charge is 0.437 e. The van der Waals surface area contributed by atoms with Gasteiger partial charge in [-0.25, -0.2) is 13.2 Å². The van der Waals surface area contributed by atoms with Gasteiger partial charge < -0.3 is 4.74 Å². The fraction of sp³-hybridized carbons (Fsp3) is 0.619. The van der Waals surface area contributed by atoms with Crippen molar-refractivity contribution in [3.8, 4) is 0 Å². The number of benzene rings is 1. The summed E-state index contributed by atoms with van der Waals surface area (Å²) in [7, 11) is -3.50. The number of ether oxygens (including phenoxy) is 1. The third-order valence-corrected chi connectivity index (χ3v) is 9.55. The Morgan fingerprint density at radius 1 is 1.29 bits per heavy atom. The number of rotatable bonds is 5. The highest BCUT2D eigenvalue weighted by Gasteiger charge is 2.64. The SMILES string of the molecule is CC1(C)C2CCC1(CS(=O)(=O)N1CCOCC1)C(=NOC(=O)Nc1ccc(Cl)cc1)C2. The lowest BCUT2D eigenvalue weighted by molar-refractivity contribution is 0.0722. The van der Waals surface area contributed by atoms with E-state index < -0.39 is 21.5 Å². The third-order valence-electron chi connectivity index (χ3n) is 7.29. The molecule has 0 radical (unpaired) electrons. The van der Waals surface area contributed by atoms with E-state index in [1.165, 1.54) is 4.31 Å². The number of fused-ring (bicyclic) bond motifs is 2. The Bertz CT molecular complexity index is 973. The van der Waals surface area contributed by atoms with E-state index in [-0.39, 0.29) is 11.2 Å². The highest BCUT2D eigenvalue weighted by Crippen LogP contribution is 2.64. The summed E-state index contributed by atoms with van der Waals surface area (Å²) < 4.78 is 33.3. The summed E-state index contributed by atoms with van der Waals surface area (Å²) in [6, 6.07) is 6.64. The average molecular weight is 470 g/mol. The second kappa shape index (κ2) is 8.35. The van der Waals surface area contributed by atoms with Crippen molar-refractivity contribution in [2.75, 3.05) is 37.4 Å². The van der Waals surface area contributed by atoms with Crippen molar-refractivity contribution < 1.29 is 22.8 Å². The van der Waals surface area contributed by atoms with Gasteiger partial charge in [0.15, 0.2) is 0 Å². The number of nitrogens with one attached hydrogen (secondary N) is 1. The van der Waals surface area contributed by atoms with Crippen LogP contribution in [-0.4, -0.2) is 56.6 Å². The lowest BCUT2D eigenvalue weighted by Crippen LogP contribution is -2.49. The van der Waals surface area contributed by atoms with Crippen LogP contribution in [0.5, 0.6) is 0 Å². The summed E-state index contributed by atoms with van der Waals surface area (Å²) in [5.74, 6) is 0.291. The molecule has 4 rings (SSSR count). The molecule has 2 saturated carbocycles. The molecule has 0 aromatic heterocycles. The number of carbonyl (C=O) groups excluding carboxylic acids is 1. The van der Waals surface area contributed by atoms with Crippen molar-refractivity contribution in [1.82, 2.24) is 4.31 Å². The van der Waals surface area contributed by atoms with Crippen LogP contribution in [0.25, 0.3) is 0 Å². The summed E-state index contributed by atoms with van der Waals surface area (Å²) in [4.78, 5) is 17.4. The number of nitrogens with zero attached hydrogens (tertiary/aromatic N) is 2. The van der Waals surface area contributed by atoms with Gasteiger partial charge in [0.1, 0.15) is 0 Å². The van der Waals surface area contributed by atoms with Crippen LogP contribution in [0.15, 0.2) is 29.4 Å². The standard InChI is InChI=1S/C21H28ClN3O5S/c1-20(2)15-7-8-21(20,14-31(27,28)25-9-11-29-12-10-25)18(13-15)24-30-19(26)23-17-5-3-16(22)4-6-17/h3-6,15H,7-14H2,1-2H3,(H,23,26). The number of hydrogen-bond donors (Lipinski definition) is 1. The predicted octanol–water partition coefficient (Wildman–Crippen LogP) is 3.73. The number of anilines is 1. The molecular weight excluding hydrogens is 442 g/mol. The lowest BCUT2D eigenvalue weighted by atomic mass is 9.70. The predicted molar refractivity (Wildman–Crippen MR) is 119 cm³/mol. The normalized spacial score (nSPS) is 29.3. The quantitative estimate of drug-likeness (QED) is 0.523. The molecule has 1 N–H and O–H groups in total.